The van der Waals surface area contributed by atoms with Crippen LogP contribution in [0.2, 0.25) is 0 Å². The third-order valence-electron chi connectivity index (χ3n) is 3.38. The van der Waals surface area contributed by atoms with Crippen LogP contribution in [0.15, 0.2) is 22.7 Å². The number of aryl methyl sites for hydroxylation is 1. The fraction of sp³-hybridized carbons (Fsp3) is 0.357. The first-order valence-corrected chi connectivity index (χ1v) is 6.87. The van der Waals surface area contributed by atoms with Crippen LogP contribution in [0.5, 0.6) is 0 Å². The molecular weight excluding hydrogens is 308 g/mol. The van der Waals surface area contributed by atoms with E-state index in [0.717, 1.165) is 27.6 Å². The van der Waals surface area contributed by atoms with Crippen LogP contribution in [0, 0.1) is 0 Å². The van der Waals surface area contributed by atoms with Gasteiger partial charge < -0.3 is 14.2 Å². The highest BCUT2D eigenvalue weighted by atomic mass is 79.9. The first-order valence-electron chi connectivity index (χ1n) is 6.08. The summed E-state index contributed by atoms with van der Waals surface area (Å²) in [5.41, 5.74) is 2.66. The Kier molecular flexibility index (Phi) is 3.85. The predicted molar refractivity (Wildman–Crippen MR) is 80.9 cm³/mol. The number of anilines is 1. The third kappa shape index (κ3) is 2.34. The van der Waals surface area contributed by atoms with Gasteiger partial charge in [0.05, 0.1) is 12.6 Å². The molecular formula is C14H17BrN2O2. The molecule has 0 fully saturated rings. The Balaban J connectivity index is 2.66. The summed E-state index contributed by atoms with van der Waals surface area (Å²) in [5, 5.41) is 1.02. The van der Waals surface area contributed by atoms with Gasteiger partial charge in [-0.2, -0.15) is 0 Å². The van der Waals surface area contributed by atoms with Crippen molar-refractivity contribution >= 4 is 38.5 Å². The van der Waals surface area contributed by atoms with Crippen molar-refractivity contribution in [3.8, 4) is 0 Å². The lowest BCUT2D eigenvalue weighted by Gasteiger charge is -2.17. The number of fused-ring (bicyclic) bond motifs is 1. The second-order valence-corrected chi connectivity index (χ2v) is 5.31. The van der Waals surface area contributed by atoms with Crippen LogP contribution in [-0.4, -0.2) is 31.2 Å². The largest absolute Gasteiger partial charge is 0.464 e. The average Bonchev–Trinajstić information content (AvgIpc) is 2.74. The van der Waals surface area contributed by atoms with Gasteiger partial charge >= 0.3 is 5.97 Å². The number of carbonyl (C=O) groups excluding carboxylic acids is 1. The summed E-state index contributed by atoms with van der Waals surface area (Å²) in [4.78, 5) is 13.9. The highest BCUT2D eigenvalue weighted by molar-refractivity contribution is 9.10. The van der Waals surface area contributed by atoms with Gasteiger partial charge in [0, 0.05) is 36.2 Å². The lowest BCUT2D eigenvalue weighted by molar-refractivity contribution is 0.0590. The van der Waals surface area contributed by atoms with E-state index in [4.69, 9.17) is 4.74 Å². The maximum Gasteiger partial charge on any atom is 0.354 e. The summed E-state index contributed by atoms with van der Waals surface area (Å²) >= 11 is 3.58. The predicted octanol–water partition coefficient (Wildman–Crippen LogP) is 3.18. The first-order chi connectivity index (χ1) is 8.99. The summed E-state index contributed by atoms with van der Waals surface area (Å²) in [6, 6.07) is 6.00. The minimum Gasteiger partial charge on any atom is -0.464 e. The van der Waals surface area contributed by atoms with E-state index < -0.39 is 0 Å². The minimum atomic E-state index is -0.323. The molecule has 102 valence electrons. The SMILES string of the molecule is CCN(C)c1cc(Br)c2c(c1)cc(C(=O)OC)n2C. The number of benzene rings is 1. The summed E-state index contributed by atoms with van der Waals surface area (Å²) < 4.78 is 7.62. The summed E-state index contributed by atoms with van der Waals surface area (Å²) in [6.45, 7) is 3.03. The van der Waals surface area contributed by atoms with Gasteiger partial charge in [0.2, 0.25) is 0 Å². The van der Waals surface area contributed by atoms with E-state index in [9.17, 15) is 4.79 Å². The monoisotopic (exact) mass is 324 g/mol. The maximum absolute atomic E-state index is 11.7. The molecule has 0 bridgehead atoms. The topological polar surface area (TPSA) is 34.5 Å². The third-order valence-corrected chi connectivity index (χ3v) is 3.98. The van der Waals surface area contributed by atoms with Crippen molar-refractivity contribution in [2.45, 2.75) is 6.92 Å². The molecule has 0 N–H and O–H groups in total. The van der Waals surface area contributed by atoms with Gasteiger partial charge in [-0.15, -0.1) is 0 Å². The van der Waals surface area contributed by atoms with Crippen LogP contribution >= 0.6 is 15.9 Å². The van der Waals surface area contributed by atoms with E-state index in [1.807, 2.05) is 24.7 Å². The molecule has 19 heavy (non-hydrogen) atoms. The quantitative estimate of drug-likeness (QED) is 0.813. The maximum atomic E-state index is 11.7. The number of methoxy groups -OCH3 is 1. The van der Waals surface area contributed by atoms with E-state index in [1.54, 1.807) is 0 Å². The Labute approximate surface area is 121 Å². The highest BCUT2D eigenvalue weighted by Crippen LogP contribution is 2.31. The number of halogens is 1. The summed E-state index contributed by atoms with van der Waals surface area (Å²) in [7, 11) is 5.30. The van der Waals surface area contributed by atoms with Crippen molar-refractivity contribution in [2.75, 3.05) is 25.6 Å². The molecule has 0 saturated heterocycles. The molecule has 0 amide bonds. The molecule has 0 atom stereocenters. The second kappa shape index (κ2) is 5.25. The molecule has 0 aliphatic heterocycles. The van der Waals surface area contributed by atoms with Crippen molar-refractivity contribution in [3.05, 3.63) is 28.4 Å². The van der Waals surface area contributed by atoms with Gasteiger partial charge in [0.25, 0.3) is 0 Å². The van der Waals surface area contributed by atoms with Crippen LogP contribution in [0.3, 0.4) is 0 Å². The van der Waals surface area contributed by atoms with E-state index in [1.165, 1.54) is 7.11 Å². The highest BCUT2D eigenvalue weighted by Gasteiger charge is 2.16. The molecule has 0 spiro atoms. The molecule has 1 aromatic carbocycles. The standard InChI is InChI=1S/C14H17BrN2O2/c1-5-16(2)10-6-9-7-12(14(18)19-4)17(3)13(9)11(15)8-10/h6-8H,5H2,1-4H3. The molecule has 0 aliphatic carbocycles. The van der Waals surface area contributed by atoms with Gasteiger partial charge in [-0.05, 0) is 41.1 Å². The number of nitrogens with zero attached hydrogens (tertiary/aromatic N) is 2. The molecule has 0 radical (unpaired) electrons. The molecule has 1 heterocycles. The first kappa shape index (κ1) is 13.9. The van der Waals surface area contributed by atoms with Gasteiger partial charge in [0.1, 0.15) is 5.69 Å². The zero-order valence-corrected chi connectivity index (χ0v) is 13.1. The van der Waals surface area contributed by atoms with Gasteiger partial charge in [-0.3, -0.25) is 0 Å². The fourth-order valence-corrected chi connectivity index (χ4v) is 2.87. The lowest BCUT2D eigenvalue weighted by Crippen LogP contribution is -2.15. The zero-order chi connectivity index (χ0) is 14.2. The van der Waals surface area contributed by atoms with Gasteiger partial charge in [0.15, 0.2) is 0 Å². The lowest BCUT2D eigenvalue weighted by atomic mass is 10.2. The summed E-state index contributed by atoms with van der Waals surface area (Å²) in [5.74, 6) is -0.323. The van der Waals surface area contributed by atoms with Gasteiger partial charge in [-0.1, -0.05) is 0 Å². The zero-order valence-electron chi connectivity index (χ0n) is 11.5. The number of esters is 1. The Bertz CT molecular complexity index is 634. The van der Waals surface area contributed by atoms with Crippen molar-refractivity contribution in [2.24, 2.45) is 7.05 Å². The minimum absolute atomic E-state index is 0.323. The molecule has 0 saturated carbocycles. The van der Waals surface area contributed by atoms with E-state index in [2.05, 4.69) is 39.9 Å². The van der Waals surface area contributed by atoms with E-state index in [-0.39, 0.29) is 5.97 Å². The summed E-state index contributed by atoms with van der Waals surface area (Å²) in [6.07, 6.45) is 0. The molecule has 0 unspecified atom stereocenters. The Morgan fingerprint density at radius 3 is 2.68 bits per heavy atom. The van der Waals surface area contributed by atoms with E-state index in [0.29, 0.717) is 5.69 Å². The molecule has 2 rings (SSSR count). The van der Waals surface area contributed by atoms with Crippen LogP contribution < -0.4 is 4.90 Å². The Hall–Kier alpha value is -1.49. The van der Waals surface area contributed by atoms with Crippen molar-refractivity contribution in [1.82, 2.24) is 4.57 Å². The van der Waals surface area contributed by atoms with Crippen molar-refractivity contribution in [3.63, 3.8) is 0 Å². The number of hydrogen-bond donors (Lipinski definition) is 0. The van der Waals surface area contributed by atoms with Crippen LogP contribution in [-0.2, 0) is 11.8 Å². The molecule has 0 aliphatic rings. The molecule has 1 aromatic heterocycles. The molecule has 5 heteroatoms. The fourth-order valence-electron chi connectivity index (χ4n) is 2.14. The Morgan fingerprint density at radius 1 is 1.42 bits per heavy atom. The second-order valence-electron chi connectivity index (χ2n) is 4.46. The molecule has 2 aromatic rings. The van der Waals surface area contributed by atoms with Crippen LogP contribution in [0.1, 0.15) is 17.4 Å². The van der Waals surface area contributed by atoms with Gasteiger partial charge in [-0.25, -0.2) is 4.79 Å². The van der Waals surface area contributed by atoms with Crippen molar-refractivity contribution in [1.29, 1.82) is 0 Å². The number of aromatic nitrogens is 1. The van der Waals surface area contributed by atoms with E-state index >= 15 is 0 Å². The number of hydrogen-bond acceptors (Lipinski definition) is 3. The van der Waals surface area contributed by atoms with Crippen molar-refractivity contribution < 1.29 is 9.53 Å². The number of carbonyl (C=O) groups is 1. The Morgan fingerprint density at radius 2 is 2.11 bits per heavy atom. The smallest absolute Gasteiger partial charge is 0.354 e. The normalized spacial score (nSPS) is 10.8. The average molecular weight is 325 g/mol. The van der Waals surface area contributed by atoms with Crippen LogP contribution in [0.25, 0.3) is 10.9 Å². The number of rotatable bonds is 3. The number of ether oxygens (including phenoxy) is 1. The van der Waals surface area contributed by atoms with Crippen LogP contribution in [0.4, 0.5) is 5.69 Å². The molecule has 4 nitrogen and oxygen atoms in total.